The average Bonchev–Trinajstić information content (AvgIpc) is 3.13. The van der Waals surface area contributed by atoms with Crippen molar-refractivity contribution in [2.45, 2.75) is 38.1 Å². The summed E-state index contributed by atoms with van der Waals surface area (Å²) in [6.07, 6.45) is 0.707. The van der Waals surface area contributed by atoms with Crippen molar-refractivity contribution in [1.82, 2.24) is 9.55 Å². The molecule has 0 aliphatic heterocycles. The smallest absolute Gasteiger partial charge is 0.326 e. The van der Waals surface area contributed by atoms with Gasteiger partial charge in [0.2, 0.25) is 0 Å². The van der Waals surface area contributed by atoms with Crippen LogP contribution in [0.15, 0.2) is 71.9 Å². The summed E-state index contributed by atoms with van der Waals surface area (Å²) in [6.45, 7) is 4.60. The van der Waals surface area contributed by atoms with Crippen LogP contribution in [0.2, 0.25) is 0 Å². The van der Waals surface area contributed by atoms with Gasteiger partial charge in [-0.2, -0.15) is 0 Å². The van der Waals surface area contributed by atoms with Crippen LogP contribution in [0.4, 0.5) is 0 Å². The maximum absolute atomic E-state index is 12.4. The van der Waals surface area contributed by atoms with Crippen LogP contribution in [0.25, 0.3) is 21.8 Å². The molecule has 0 saturated carbocycles. The molecule has 0 aliphatic rings. The quantitative estimate of drug-likeness (QED) is 0.192. The van der Waals surface area contributed by atoms with Crippen LogP contribution in [0.5, 0.6) is 5.75 Å². The summed E-state index contributed by atoms with van der Waals surface area (Å²) in [4.78, 5) is 17.1. The predicted molar refractivity (Wildman–Crippen MR) is 126 cm³/mol. The van der Waals surface area contributed by atoms with Gasteiger partial charge in [0.15, 0.2) is 5.16 Å². The molecular weight excluding hydrogens is 408 g/mol. The zero-order chi connectivity index (χ0) is 21.6. The summed E-state index contributed by atoms with van der Waals surface area (Å²) >= 11 is 1.58. The Morgan fingerprint density at radius 3 is 2.68 bits per heavy atom. The maximum Gasteiger partial charge on any atom is 0.326 e. The van der Waals surface area contributed by atoms with E-state index in [1.54, 1.807) is 11.8 Å². The topological polar surface area (TPSA) is 53.4 Å². The number of carbonyl (C=O) groups excluding carboxylic acids is 1. The largest absolute Gasteiger partial charge is 0.493 e. The third-order valence-corrected chi connectivity index (χ3v) is 6.06. The van der Waals surface area contributed by atoms with Gasteiger partial charge >= 0.3 is 5.97 Å². The molecule has 5 nitrogen and oxygen atoms in total. The Balaban J connectivity index is 1.41. The van der Waals surface area contributed by atoms with E-state index in [4.69, 9.17) is 14.5 Å². The van der Waals surface area contributed by atoms with Crippen molar-refractivity contribution in [3.05, 3.63) is 66.7 Å². The number of fused-ring (bicyclic) bond motifs is 2. The van der Waals surface area contributed by atoms with Crippen molar-refractivity contribution in [2.24, 2.45) is 0 Å². The minimum atomic E-state index is -0.244. The van der Waals surface area contributed by atoms with E-state index in [0.29, 0.717) is 6.61 Å². The highest BCUT2D eigenvalue weighted by molar-refractivity contribution is 7.99. The second kappa shape index (κ2) is 9.88. The molecule has 4 aromatic rings. The molecule has 160 valence electrons. The second-order valence-electron chi connectivity index (χ2n) is 7.38. The molecule has 3 aromatic carbocycles. The number of imidazole rings is 1. The molecule has 1 heterocycles. The molecule has 31 heavy (non-hydrogen) atoms. The maximum atomic E-state index is 12.4. The fourth-order valence-corrected chi connectivity index (χ4v) is 4.17. The molecule has 1 atom stereocenters. The Bertz CT molecular complexity index is 1190. The van der Waals surface area contributed by atoms with Gasteiger partial charge in [-0.1, -0.05) is 61.2 Å². The Labute approximate surface area is 186 Å². The van der Waals surface area contributed by atoms with Crippen molar-refractivity contribution in [3.63, 3.8) is 0 Å². The van der Waals surface area contributed by atoms with E-state index in [1.165, 1.54) is 5.39 Å². The van der Waals surface area contributed by atoms with Gasteiger partial charge in [0.05, 0.1) is 23.7 Å². The van der Waals surface area contributed by atoms with Gasteiger partial charge in [0.25, 0.3) is 0 Å². The third-order valence-electron chi connectivity index (χ3n) is 5.12. The number of carbonyl (C=O) groups is 1. The molecule has 0 N–H and O–H groups in total. The van der Waals surface area contributed by atoms with Crippen LogP contribution >= 0.6 is 11.8 Å². The molecule has 1 aromatic heterocycles. The van der Waals surface area contributed by atoms with Crippen molar-refractivity contribution in [2.75, 3.05) is 12.4 Å². The Hall–Kier alpha value is -2.99. The number of nitrogens with zero attached hydrogens (tertiary/aromatic N) is 2. The number of aromatic nitrogens is 2. The van der Waals surface area contributed by atoms with E-state index in [9.17, 15) is 4.79 Å². The molecular formula is C25H26N2O3S. The minimum absolute atomic E-state index is 0.0891. The number of para-hydroxylation sites is 2. The molecule has 0 fully saturated rings. The number of ether oxygens (including phenoxy) is 2. The summed E-state index contributed by atoms with van der Waals surface area (Å²) in [5.41, 5.74) is 1.80. The summed E-state index contributed by atoms with van der Waals surface area (Å²) in [5.74, 6) is 1.33. The van der Waals surface area contributed by atoms with Crippen LogP contribution in [0, 0.1) is 0 Å². The summed E-state index contributed by atoms with van der Waals surface area (Å²) in [6, 6.07) is 22.2. The summed E-state index contributed by atoms with van der Waals surface area (Å²) in [7, 11) is 0. The first kappa shape index (κ1) is 21.2. The Morgan fingerprint density at radius 1 is 1.06 bits per heavy atom. The summed E-state index contributed by atoms with van der Waals surface area (Å²) in [5, 5.41) is 3.15. The van der Waals surface area contributed by atoms with Crippen molar-refractivity contribution in [3.8, 4) is 5.75 Å². The lowest BCUT2D eigenvalue weighted by molar-refractivity contribution is -0.149. The highest BCUT2D eigenvalue weighted by Gasteiger charge is 2.16. The SMILES string of the molecule is CCC(C)OC(=O)Cn1c(SCCOc2ccc3ccccc3c2)nc2ccccc21. The molecule has 0 spiro atoms. The highest BCUT2D eigenvalue weighted by atomic mass is 32.2. The second-order valence-corrected chi connectivity index (χ2v) is 8.45. The fraction of sp³-hybridized carbons (Fsp3) is 0.280. The predicted octanol–water partition coefficient (Wildman–Crippen LogP) is 5.70. The molecule has 0 saturated heterocycles. The number of esters is 1. The molecule has 0 aliphatic carbocycles. The third kappa shape index (κ3) is 5.20. The molecule has 0 amide bonds. The van der Waals surface area contributed by atoms with E-state index < -0.39 is 0 Å². The zero-order valence-electron chi connectivity index (χ0n) is 17.8. The Kier molecular flexibility index (Phi) is 6.77. The number of hydrogen-bond acceptors (Lipinski definition) is 5. The van der Waals surface area contributed by atoms with E-state index in [0.717, 1.165) is 39.5 Å². The van der Waals surface area contributed by atoms with Crippen LogP contribution in [-0.4, -0.2) is 34.0 Å². The van der Waals surface area contributed by atoms with Gasteiger partial charge in [-0.05, 0) is 48.4 Å². The highest BCUT2D eigenvalue weighted by Crippen LogP contribution is 2.25. The summed E-state index contributed by atoms with van der Waals surface area (Å²) < 4.78 is 13.4. The molecule has 1 unspecified atom stereocenters. The number of benzene rings is 3. The van der Waals surface area contributed by atoms with Gasteiger partial charge in [-0.25, -0.2) is 4.98 Å². The standard InChI is InChI=1S/C25H26N2O3S/c1-3-18(2)30-24(28)17-27-23-11-7-6-10-22(23)26-25(27)31-15-14-29-21-13-12-19-8-4-5-9-20(19)16-21/h4-13,16,18H,3,14-15,17H2,1-2H3. The normalized spacial score (nSPS) is 12.2. The van der Waals surface area contributed by atoms with Crippen molar-refractivity contribution < 1.29 is 14.3 Å². The lowest BCUT2D eigenvalue weighted by Crippen LogP contribution is -2.19. The minimum Gasteiger partial charge on any atom is -0.493 e. The van der Waals surface area contributed by atoms with Gasteiger partial charge in [-0.3, -0.25) is 4.79 Å². The zero-order valence-corrected chi connectivity index (χ0v) is 18.6. The van der Waals surface area contributed by atoms with Gasteiger partial charge in [0, 0.05) is 5.75 Å². The number of thioether (sulfide) groups is 1. The monoisotopic (exact) mass is 434 g/mol. The number of hydrogen-bond donors (Lipinski definition) is 0. The van der Waals surface area contributed by atoms with E-state index >= 15 is 0 Å². The number of rotatable bonds is 9. The Morgan fingerprint density at radius 2 is 1.84 bits per heavy atom. The van der Waals surface area contributed by atoms with Crippen LogP contribution in [-0.2, 0) is 16.1 Å². The van der Waals surface area contributed by atoms with Crippen LogP contribution < -0.4 is 4.74 Å². The molecule has 0 radical (unpaired) electrons. The first-order valence-electron chi connectivity index (χ1n) is 10.5. The van der Waals surface area contributed by atoms with E-state index in [-0.39, 0.29) is 18.6 Å². The van der Waals surface area contributed by atoms with Crippen molar-refractivity contribution in [1.29, 1.82) is 0 Å². The van der Waals surface area contributed by atoms with Gasteiger partial charge < -0.3 is 14.0 Å². The lowest BCUT2D eigenvalue weighted by Gasteiger charge is -2.13. The fourth-order valence-electron chi connectivity index (χ4n) is 3.34. The lowest BCUT2D eigenvalue weighted by atomic mass is 10.1. The van der Waals surface area contributed by atoms with E-state index in [1.807, 2.05) is 60.9 Å². The average molecular weight is 435 g/mol. The van der Waals surface area contributed by atoms with Crippen LogP contribution in [0.3, 0.4) is 0 Å². The van der Waals surface area contributed by atoms with Crippen molar-refractivity contribution >= 4 is 39.5 Å². The first-order valence-corrected chi connectivity index (χ1v) is 11.5. The van der Waals surface area contributed by atoms with Gasteiger partial charge in [-0.15, -0.1) is 0 Å². The molecule has 6 heteroatoms. The molecule has 4 rings (SSSR count). The molecule has 0 bridgehead atoms. The van der Waals surface area contributed by atoms with Crippen LogP contribution in [0.1, 0.15) is 20.3 Å². The first-order chi connectivity index (χ1) is 15.1. The van der Waals surface area contributed by atoms with Gasteiger partial charge in [0.1, 0.15) is 12.3 Å². The van der Waals surface area contributed by atoms with E-state index in [2.05, 4.69) is 24.3 Å².